The molecule has 12 heavy (non-hydrogen) atoms. The van der Waals surface area contributed by atoms with E-state index < -0.39 is 0 Å². The molecule has 1 fully saturated rings. The van der Waals surface area contributed by atoms with Gasteiger partial charge in [0.25, 0.3) is 0 Å². The molecule has 0 bridgehead atoms. The average Bonchev–Trinajstić information content (AvgIpc) is 2.09. The Morgan fingerprint density at radius 2 is 1.75 bits per heavy atom. The smallest absolute Gasteiger partial charge is 0.0234 e. The summed E-state index contributed by atoms with van der Waals surface area (Å²) in [6, 6.07) is 0. The van der Waals surface area contributed by atoms with Gasteiger partial charge in [0.15, 0.2) is 0 Å². The number of rotatable bonds is 4. The van der Waals surface area contributed by atoms with Gasteiger partial charge in [0.05, 0.1) is 0 Å². The van der Waals surface area contributed by atoms with Crippen molar-refractivity contribution >= 4 is 28.3 Å². The zero-order valence-corrected chi connectivity index (χ0v) is 11.1. The summed E-state index contributed by atoms with van der Waals surface area (Å²) in [5.74, 6) is 2.18. The van der Waals surface area contributed by atoms with Gasteiger partial charge in [-0.05, 0) is 30.8 Å². The molecule has 0 aromatic heterocycles. The molecule has 1 saturated carbocycles. The van der Waals surface area contributed by atoms with Crippen molar-refractivity contribution in [2.24, 2.45) is 11.8 Å². The summed E-state index contributed by atoms with van der Waals surface area (Å²) in [5, 5.41) is 0. The zero-order valence-electron chi connectivity index (χ0n) is 7.98. The second kappa shape index (κ2) is 6.59. The molecule has 0 aromatic rings. The first kappa shape index (κ1) is 11.2. The number of hydrogen-bond acceptors (Lipinski definition) is 0. The van der Waals surface area contributed by atoms with Crippen LogP contribution in [-0.4, -0.2) is 6.16 Å². The van der Waals surface area contributed by atoms with Gasteiger partial charge in [-0.25, -0.2) is 0 Å². The van der Waals surface area contributed by atoms with Crippen molar-refractivity contribution in [1.82, 2.24) is 0 Å². The summed E-state index contributed by atoms with van der Waals surface area (Å²) in [5.41, 5.74) is 0. The van der Waals surface area contributed by atoms with Gasteiger partial charge < -0.3 is 0 Å². The van der Waals surface area contributed by atoms with Crippen LogP contribution in [0, 0.1) is 11.8 Å². The zero-order chi connectivity index (χ0) is 8.81. The summed E-state index contributed by atoms with van der Waals surface area (Å²) in [7, 11) is 0. The van der Waals surface area contributed by atoms with Crippen molar-refractivity contribution in [1.29, 1.82) is 0 Å². The van der Waals surface area contributed by atoms with Crippen molar-refractivity contribution in [2.45, 2.75) is 45.4 Å². The van der Waals surface area contributed by atoms with E-state index in [1.54, 1.807) is 0 Å². The lowest BCUT2D eigenvalue weighted by atomic mass is 9.81. The monoisotopic (exact) mass is 298 g/mol. The van der Waals surface area contributed by atoms with E-state index in [4.69, 9.17) is 0 Å². The van der Waals surface area contributed by atoms with Crippen LogP contribution in [0.3, 0.4) is 0 Å². The molecule has 0 nitrogen and oxygen atoms in total. The van der Waals surface area contributed by atoms with E-state index in [2.05, 4.69) is 29.0 Å². The lowest BCUT2D eigenvalue weighted by Gasteiger charge is -2.27. The lowest BCUT2D eigenvalue weighted by molar-refractivity contribution is 0.279. The second-order valence-corrected chi connectivity index (χ2v) is 6.98. The molecule has 72 valence electrons. The van der Waals surface area contributed by atoms with Gasteiger partial charge in [-0.15, -0.1) is 0 Å². The van der Waals surface area contributed by atoms with Crippen molar-refractivity contribution < 1.29 is 0 Å². The van der Waals surface area contributed by atoms with Gasteiger partial charge in [-0.1, -0.05) is 60.9 Å². The molecule has 0 amide bonds. The second-order valence-electron chi connectivity index (χ2n) is 4.01. The molecular weight excluding hydrogens is 278 g/mol. The average molecular weight is 298 g/mol. The molecule has 1 aliphatic rings. The molecule has 0 saturated heterocycles. The van der Waals surface area contributed by atoms with Crippen LogP contribution in [0.15, 0.2) is 0 Å². The summed E-state index contributed by atoms with van der Waals surface area (Å²) < 4.78 is 0. The summed E-state index contributed by atoms with van der Waals surface area (Å²) in [6.45, 7) is 2.32. The first-order chi connectivity index (χ1) is 5.86. The molecule has 1 atom stereocenters. The Morgan fingerprint density at radius 1 is 1.17 bits per heavy atom. The highest BCUT2D eigenvalue weighted by Gasteiger charge is 2.19. The van der Waals surface area contributed by atoms with E-state index in [1.807, 2.05) is 0 Å². The van der Waals surface area contributed by atoms with Crippen LogP contribution in [0.25, 0.3) is 0 Å². The molecule has 0 radical (unpaired) electrons. The summed E-state index contributed by atoms with van der Waals surface area (Å²) >= 11 is 2.54. The molecule has 0 spiro atoms. The van der Waals surface area contributed by atoms with Crippen LogP contribution in [0.2, 0.25) is 0 Å². The van der Waals surface area contributed by atoms with Gasteiger partial charge in [0.2, 0.25) is 0 Å². The fourth-order valence-corrected chi connectivity index (χ4v) is 4.74. The van der Waals surface area contributed by atoms with E-state index >= 15 is 0 Å². The lowest BCUT2D eigenvalue weighted by Crippen LogP contribution is -2.15. The number of halogens is 1. The normalized spacial score (nSPS) is 31.5. The van der Waals surface area contributed by atoms with E-state index in [9.17, 15) is 0 Å². The first-order valence-electron chi connectivity index (χ1n) is 5.20. The fraction of sp³-hybridized carbons (Fsp3) is 1.00. The fourth-order valence-electron chi connectivity index (χ4n) is 2.24. The Hall–Kier alpha value is 1.16. The topological polar surface area (TPSA) is 0 Å². The van der Waals surface area contributed by atoms with Crippen LogP contribution in [0.5, 0.6) is 0 Å². The molecular formula is C10H20IP. The standard InChI is InChI=1S/C10H20IP/c1-2-3-9-4-6-10(7-5-9)8-12-11/h9-10,12H,2-8H2,1H3. The molecule has 2 heteroatoms. The van der Waals surface area contributed by atoms with Crippen molar-refractivity contribution in [3.63, 3.8) is 0 Å². The van der Waals surface area contributed by atoms with Crippen LogP contribution < -0.4 is 0 Å². The van der Waals surface area contributed by atoms with Crippen LogP contribution in [-0.2, 0) is 0 Å². The SMILES string of the molecule is CCCC1CCC(CPI)CC1. The van der Waals surface area contributed by atoms with E-state index in [0.717, 1.165) is 18.1 Å². The van der Waals surface area contributed by atoms with Gasteiger partial charge in [0, 0.05) is 0 Å². The Morgan fingerprint density at radius 3 is 2.25 bits per heavy atom. The van der Waals surface area contributed by atoms with Crippen LogP contribution >= 0.6 is 28.3 Å². The minimum atomic E-state index is 1.09. The Kier molecular flexibility index (Phi) is 6.17. The van der Waals surface area contributed by atoms with Gasteiger partial charge >= 0.3 is 0 Å². The van der Waals surface area contributed by atoms with Crippen molar-refractivity contribution in [3.05, 3.63) is 0 Å². The van der Waals surface area contributed by atoms with Gasteiger partial charge in [0.1, 0.15) is 0 Å². The predicted octanol–water partition coefficient (Wildman–Crippen LogP) is 4.62. The highest BCUT2D eigenvalue weighted by Crippen LogP contribution is 2.36. The highest BCUT2D eigenvalue weighted by atomic mass is 127. The molecule has 1 aliphatic carbocycles. The third-order valence-corrected chi connectivity index (χ3v) is 5.08. The first-order valence-corrected chi connectivity index (χ1v) is 9.52. The number of hydrogen-bond donors (Lipinski definition) is 0. The Balaban J connectivity index is 2.11. The van der Waals surface area contributed by atoms with Crippen molar-refractivity contribution in [2.75, 3.05) is 6.16 Å². The van der Waals surface area contributed by atoms with Gasteiger partial charge in [-0.2, -0.15) is 0 Å². The summed E-state index contributed by atoms with van der Waals surface area (Å²) in [4.78, 5) is 0. The molecule has 0 aromatic carbocycles. The largest absolute Gasteiger partial charge is 0.0654 e. The molecule has 1 rings (SSSR count). The third kappa shape index (κ3) is 3.91. The van der Waals surface area contributed by atoms with Crippen molar-refractivity contribution in [3.8, 4) is 0 Å². The van der Waals surface area contributed by atoms with Gasteiger partial charge in [-0.3, -0.25) is 0 Å². The van der Waals surface area contributed by atoms with E-state index in [0.29, 0.717) is 0 Å². The minimum absolute atomic E-state index is 1.09. The molecule has 0 aliphatic heterocycles. The van der Waals surface area contributed by atoms with Crippen LogP contribution in [0.4, 0.5) is 0 Å². The highest BCUT2D eigenvalue weighted by molar-refractivity contribution is 14.2. The summed E-state index contributed by atoms with van der Waals surface area (Å²) in [6.07, 6.45) is 11.6. The quantitative estimate of drug-likeness (QED) is 0.525. The van der Waals surface area contributed by atoms with E-state index in [1.165, 1.54) is 44.7 Å². The third-order valence-electron chi connectivity index (χ3n) is 3.03. The molecule has 0 heterocycles. The molecule has 0 N–H and O–H groups in total. The predicted molar refractivity (Wildman–Crippen MR) is 67.6 cm³/mol. The minimum Gasteiger partial charge on any atom is -0.0654 e. The van der Waals surface area contributed by atoms with E-state index in [-0.39, 0.29) is 0 Å². The van der Waals surface area contributed by atoms with Crippen LogP contribution in [0.1, 0.15) is 45.4 Å². The Bertz CT molecular complexity index is 94.4. The maximum absolute atomic E-state index is 2.54. The molecule has 1 unspecified atom stereocenters. The maximum atomic E-state index is 2.54. The Labute approximate surface area is 91.5 Å². The maximum Gasteiger partial charge on any atom is -0.0234 e.